The van der Waals surface area contributed by atoms with E-state index in [-0.39, 0.29) is 5.69 Å². The molecule has 84 valence electrons. The second-order valence-electron chi connectivity index (χ2n) is 3.14. The number of hydrazine groups is 2. The Hall–Kier alpha value is -1.67. The highest BCUT2D eigenvalue weighted by molar-refractivity contribution is 9.10. The average Bonchev–Trinajstić information content (AvgIpc) is 2.65. The Bertz CT molecular complexity index is 475. The minimum absolute atomic E-state index is 0.0289. The summed E-state index contributed by atoms with van der Waals surface area (Å²) in [5.41, 5.74) is 5.98. The van der Waals surface area contributed by atoms with Gasteiger partial charge in [-0.2, -0.15) is 0 Å². The summed E-state index contributed by atoms with van der Waals surface area (Å²) >= 11 is 3.33. The first-order valence-corrected chi connectivity index (χ1v) is 5.15. The molecule has 1 aromatic rings. The Balaban J connectivity index is 2.47. The zero-order valence-corrected chi connectivity index (χ0v) is 9.85. The fraction of sp³-hybridized carbons (Fsp3) is 0.125. The van der Waals surface area contributed by atoms with Crippen LogP contribution < -0.4 is 11.1 Å². The Kier molecular flexibility index (Phi) is 2.75. The largest absolute Gasteiger partial charge is 0.274 e. The first-order chi connectivity index (χ1) is 7.59. The number of benzene rings is 1. The summed E-state index contributed by atoms with van der Waals surface area (Å²) < 4.78 is 0.745. The third-order valence-electron chi connectivity index (χ3n) is 2.10. The zero-order chi connectivity index (χ0) is 11.7. The molecule has 0 fully saturated rings. The summed E-state index contributed by atoms with van der Waals surface area (Å²) in [6, 6.07) is 4.53. The van der Waals surface area contributed by atoms with Gasteiger partial charge in [-0.05, 0) is 6.07 Å². The first-order valence-electron chi connectivity index (χ1n) is 4.36. The molecule has 0 unspecified atom stereocenters. The molecule has 16 heavy (non-hydrogen) atoms. The van der Waals surface area contributed by atoms with Gasteiger partial charge in [0.1, 0.15) is 0 Å². The number of hydrogen-bond acceptors (Lipinski definition) is 6. The second-order valence-corrected chi connectivity index (χ2v) is 3.99. The van der Waals surface area contributed by atoms with Crippen molar-refractivity contribution >= 4 is 27.5 Å². The van der Waals surface area contributed by atoms with Crippen molar-refractivity contribution in [3.8, 4) is 0 Å². The molecule has 1 aliphatic heterocycles. The molecular weight excluding hydrogens is 278 g/mol. The summed E-state index contributed by atoms with van der Waals surface area (Å²) in [5.74, 6) is 0.579. The molecule has 0 saturated carbocycles. The van der Waals surface area contributed by atoms with Gasteiger partial charge >= 0.3 is 0 Å². The van der Waals surface area contributed by atoms with Crippen molar-refractivity contribution < 1.29 is 4.92 Å². The van der Waals surface area contributed by atoms with Crippen molar-refractivity contribution in [2.45, 2.75) is 0 Å². The van der Waals surface area contributed by atoms with Crippen LogP contribution in [0.3, 0.4) is 0 Å². The van der Waals surface area contributed by atoms with E-state index in [1.165, 1.54) is 12.1 Å². The Morgan fingerprint density at radius 1 is 1.56 bits per heavy atom. The van der Waals surface area contributed by atoms with Gasteiger partial charge < -0.3 is 0 Å². The van der Waals surface area contributed by atoms with Crippen molar-refractivity contribution in [3.63, 3.8) is 0 Å². The molecular formula is C8H8BrN5O2. The summed E-state index contributed by atoms with van der Waals surface area (Å²) in [5, 5.41) is 16.3. The van der Waals surface area contributed by atoms with Crippen LogP contribution in [0.4, 0.5) is 5.69 Å². The van der Waals surface area contributed by atoms with Crippen LogP contribution in [0.1, 0.15) is 5.56 Å². The normalized spacial score (nSPS) is 14.6. The van der Waals surface area contributed by atoms with E-state index in [2.05, 4.69) is 32.1 Å². The Morgan fingerprint density at radius 2 is 2.31 bits per heavy atom. The lowest BCUT2D eigenvalue weighted by atomic mass is 10.2. The van der Waals surface area contributed by atoms with Crippen molar-refractivity contribution in [2.24, 2.45) is 5.10 Å². The predicted octanol–water partition coefficient (Wildman–Crippen LogP) is 0.973. The molecule has 0 amide bonds. The molecule has 0 atom stereocenters. The number of nitrogens with zero attached hydrogens (tertiary/aromatic N) is 3. The Labute approximate surface area is 99.3 Å². The molecule has 0 aromatic heterocycles. The average molecular weight is 286 g/mol. The summed E-state index contributed by atoms with van der Waals surface area (Å²) in [7, 11) is 1.75. The van der Waals surface area contributed by atoms with Crippen LogP contribution in [-0.2, 0) is 0 Å². The highest BCUT2D eigenvalue weighted by Crippen LogP contribution is 2.24. The quantitative estimate of drug-likeness (QED) is 0.625. The van der Waals surface area contributed by atoms with E-state index in [9.17, 15) is 10.1 Å². The van der Waals surface area contributed by atoms with Crippen LogP contribution in [0.15, 0.2) is 27.8 Å². The molecule has 8 heteroatoms. The van der Waals surface area contributed by atoms with E-state index in [1.807, 2.05) is 0 Å². The van der Waals surface area contributed by atoms with Gasteiger partial charge in [0.05, 0.1) is 4.92 Å². The van der Waals surface area contributed by atoms with Crippen LogP contribution in [0, 0.1) is 10.1 Å². The van der Waals surface area contributed by atoms with Gasteiger partial charge in [0.2, 0.25) is 0 Å². The van der Waals surface area contributed by atoms with Crippen molar-refractivity contribution in [2.75, 3.05) is 7.05 Å². The monoisotopic (exact) mass is 285 g/mol. The smallest absolute Gasteiger partial charge is 0.270 e. The van der Waals surface area contributed by atoms with E-state index in [0.717, 1.165) is 4.47 Å². The number of non-ortho nitro benzene ring substituents is 1. The minimum atomic E-state index is -0.438. The number of nitrogens with one attached hydrogen (secondary N) is 2. The standard InChI is InChI=1S/C8H8BrN5O2/c1-13-8(10-11-12-13)6-4-5(14(15)16)2-3-7(6)9/h2-4,11-12H,1H3. The molecule has 7 nitrogen and oxygen atoms in total. The number of rotatable bonds is 2. The third-order valence-corrected chi connectivity index (χ3v) is 2.79. The summed E-state index contributed by atoms with van der Waals surface area (Å²) in [6.45, 7) is 0. The maximum atomic E-state index is 10.7. The van der Waals surface area contributed by atoms with E-state index >= 15 is 0 Å². The van der Waals surface area contributed by atoms with Gasteiger partial charge in [-0.25, -0.2) is 5.53 Å². The topological polar surface area (TPSA) is 82.8 Å². The number of halogens is 1. The molecule has 1 heterocycles. The van der Waals surface area contributed by atoms with E-state index in [4.69, 9.17) is 0 Å². The van der Waals surface area contributed by atoms with E-state index in [1.54, 1.807) is 18.1 Å². The number of amidine groups is 1. The molecule has 0 radical (unpaired) electrons. The summed E-state index contributed by atoms with van der Waals surface area (Å²) in [4.78, 5) is 10.2. The second kappa shape index (κ2) is 4.06. The highest BCUT2D eigenvalue weighted by atomic mass is 79.9. The number of nitro benzene ring substituents is 1. The van der Waals surface area contributed by atoms with Crippen LogP contribution in [0.25, 0.3) is 0 Å². The molecule has 0 saturated heterocycles. The van der Waals surface area contributed by atoms with Crippen molar-refractivity contribution in [3.05, 3.63) is 38.3 Å². The number of nitro groups is 1. The van der Waals surface area contributed by atoms with Crippen LogP contribution in [-0.4, -0.2) is 22.8 Å². The van der Waals surface area contributed by atoms with Gasteiger partial charge in [-0.15, -0.1) is 10.6 Å². The van der Waals surface area contributed by atoms with Crippen LogP contribution in [0.5, 0.6) is 0 Å². The fourth-order valence-electron chi connectivity index (χ4n) is 1.32. The Morgan fingerprint density at radius 3 is 2.88 bits per heavy atom. The zero-order valence-electron chi connectivity index (χ0n) is 8.27. The van der Waals surface area contributed by atoms with Gasteiger partial charge in [0.15, 0.2) is 5.84 Å². The van der Waals surface area contributed by atoms with Gasteiger partial charge in [0.25, 0.3) is 5.69 Å². The van der Waals surface area contributed by atoms with E-state index < -0.39 is 4.92 Å². The molecule has 0 aliphatic carbocycles. The molecule has 1 aromatic carbocycles. The van der Waals surface area contributed by atoms with Crippen LogP contribution in [0.2, 0.25) is 0 Å². The maximum Gasteiger partial charge on any atom is 0.270 e. The lowest BCUT2D eigenvalue weighted by Gasteiger charge is -2.12. The lowest BCUT2D eigenvalue weighted by Crippen LogP contribution is -2.37. The maximum absolute atomic E-state index is 10.7. The number of hydrogen-bond donors (Lipinski definition) is 2. The third kappa shape index (κ3) is 1.84. The van der Waals surface area contributed by atoms with Crippen molar-refractivity contribution in [1.29, 1.82) is 0 Å². The van der Waals surface area contributed by atoms with E-state index in [0.29, 0.717) is 11.4 Å². The SMILES string of the molecule is CN1NNN=C1c1cc([N+](=O)[O-])ccc1Br. The minimum Gasteiger partial charge on any atom is -0.274 e. The van der Waals surface area contributed by atoms with Crippen molar-refractivity contribution in [1.82, 2.24) is 16.1 Å². The van der Waals surface area contributed by atoms with Crippen LogP contribution >= 0.6 is 15.9 Å². The number of hydrazone groups is 1. The van der Waals surface area contributed by atoms with Gasteiger partial charge in [0, 0.05) is 29.2 Å². The molecule has 0 spiro atoms. The van der Waals surface area contributed by atoms with Gasteiger partial charge in [-0.3, -0.25) is 15.1 Å². The first kappa shape index (κ1) is 10.8. The van der Waals surface area contributed by atoms with Gasteiger partial charge in [-0.1, -0.05) is 15.9 Å². The molecule has 2 rings (SSSR count). The summed E-state index contributed by atoms with van der Waals surface area (Å²) in [6.07, 6.45) is 0. The fourth-order valence-corrected chi connectivity index (χ4v) is 1.74. The molecule has 1 aliphatic rings. The highest BCUT2D eigenvalue weighted by Gasteiger charge is 2.20. The lowest BCUT2D eigenvalue weighted by molar-refractivity contribution is -0.384. The predicted molar refractivity (Wildman–Crippen MR) is 61.4 cm³/mol. The molecule has 2 N–H and O–H groups in total. The molecule has 0 bridgehead atoms.